The summed E-state index contributed by atoms with van der Waals surface area (Å²) in [5.41, 5.74) is 3.92. The van der Waals surface area contributed by atoms with Gasteiger partial charge in [0.1, 0.15) is 0 Å². The van der Waals surface area contributed by atoms with Gasteiger partial charge in [0.15, 0.2) is 0 Å². The molecule has 3 heteroatoms. The summed E-state index contributed by atoms with van der Waals surface area (Å²) in [6.45, 7) is 30.7. The minimum absolute atomic E-state index is 0.0375. The number of nitriles is 1. The van der Waals surface area contributed by atoms with Gasteiger partial charge in [0.2, 0.25) is 0 Å². The largest absolute Gasteiger partial charge is 0.372 e. The topological polar surface area (TPSA) is 42.2 Å². The first-order valence-corrected chi connectivity index (χ1v) is 18.4. The van der Waals surface area contributed by atoms with Gasteiger partial charge in [0.05, 0.1) is 36.4 Å². The van der Waals surface area contributed by atoms with Gasteiger partial charge in [-0.2, -0.15) is 5.26 Å². The van der Waals surface area contributed by atoms with Crippen LogP contribution in [-0.4, -0.2) is 24.4 Å². The Balaban J connectivity index is 1.46. The maximum atomic E-state index is 10.3. The van der Waals surface area contributed by atoms with Crippen LogP contribution in [0.25, 0.3) is 0 Å². The zero-order valence-electron chi connectivity index (χ0n) is 31.0. The Kier molecular flexibility index (Phi) is 12.9. The van der Waals surface area contributed by atoms with Crippen molar-refractivity contribution in [2.24, 2.45) is 39.4 Å². The predicted octanol–water partition coefficient (Wildman–Crippen LogP) is 12.0. The Labute approximate surface area is 274 Å². The molecule has 0 spiro atoms. The van der Waals surface area contributed by atoms with Crippen molar-refractivity contribution in [3.05, 3.63) is 23.8 Å². The molecule has 2 saturated heterocycles. The van der Waals surface area contributed by atoms with Crippen molar-refractivity contribution in [2.45, 2.75) is 190 Å². The Morgan fingerprint density at radius 1 is 0.841 bits per heavy atom. The molecule has 0 aromatic heterocycles. The molecule has 2 heterocycles. The molecule has 0 N–H and O–H groups in total. The molecule has 0 radical (unpaired) electrons. The number of hydrogen-bond donors (Lipinski definition) is 0. The van der Waals surface area contributed by atoms with Gasteiger partial charge >= 0.3 is 0 Å². The van der Waals surface area contributed by atoms with Crippen molar-refractivity contribution in [1.29, 1.82) is 5.26 Å². The zero-order valence-corrected chi connectivity index (χ0v) is 31.0. The summed E-state index contributed by atoms with van der Waals surface area (Å²) in [5.74, 6) is 1.19. The first-order chi connectivity index (χ1) is 20.3. The Morgan fingerprint density at radius 2 is 1.41 bits per heavy atom. The van der Waals surface area contributed by atoms with Crippen LogP contribution >= 0.6 is 0 Å². The van der Waals surface area contributed by atoms with Gasteiger partial charge in [-0.05, 0) is 123 Å². The molecule has 7 atom stereocenters. The lowest BCUT2D eigenvalue weighted by molar-refractivity contribution is -0.0868. The van der Waals surface area contributed by atoms with Crippen LogP contribution in [-0.2, 0) is 9.47 Å². The number of allylic oxidation sites excluding steroid dienone is 3. The zero-order chi connectivity index (χ0) is 32.9. The van der Waals surface area contributed by atoms with Crippen molar-refractivity contribution in [1.82, 2.24) is 0 Å². The molecular weight excluding hydrogens is 538 g/mol. The van der Waals surface area contributed by atoms with E-state index in [1.807, 2.05) is 0 Å². The van der Waals surface area contributed by atoms with Gasteiger partial charge in [-0.15, -0.1) is 0 Å². The van der Waals surface area contributed by atoms with Crippen LogP contribution in [0.4, 0.5) is 0 Å². The van der Waals surface area contributed by atoms with E-state index in [2.05, 4.69) is 94.9 Å². The van der Waals surface area contributed by atoms with Crippen molar-refractivity contribution in [3.8, 4) is 6.07 Å². The van der Waals surface area contributed by atoms with Gasteiger partial charge in [-0.3, -0.25) is 0 Å². The minimum Gasteiger partial charge on any atom is -0.372 e. The van der Waals surface area contributed by atoms with Gasteiger partial charge in [-0.25, -0.2) is 0 Å². The molecule has 3 aliphatic rings. The highest BCUT2D eigenvalue weighted by atomic mass is 16.6. The van der Waals surface area contributed by atoms with Crippen molar-refractivity contribution >= 4 is 0 Å². The SMILES string of the molecule is C=C1CCC=C1CC(C)CCC(C)(C)CC(C)(C)CC(C#N)[C@H]1CCC([C@H]2CCC(C(C)CC(C)(C)CC(C)(C)CC)O2)O1. The van der Waals surface area contributed by atoms with Gasteiger partial charge in [0.25, 0.3) is 0 Å². The third kappa shape index (κ3) is 11.3. The van der Waals surface area contributed by atoms with E-state index in [9.17, 15) is 5.26 Å². The maximum absolute atomic E-state index is 10.3. The van der Waals surface area contributed by atoms with Crippen molar-refractivity contribution in [3.63, 3.8) is 0 Å². The maximum Gasteiger partial charge on any atom is 0.0842 e. The molecule has 1 aliphatic carbocycles. The molecule has 3 rings (SSSR count). The summed E-state index contributed by atoms with van der Waals surface area (Å²) in [6.07, 6.45) is 19.0. The molecule has 2 aliphatic heterocycles. The molecule has 0 aromatic carbocycles. The molecule has 0 aromatic rings. The van der Waals surface area contributed by atoms with Crippen LogP contribution < -0.4 is 0 Å². The number of ether oxygens (including phenoxy) is 2. The smallest absolute Gasteiger partial charge is 0.0842 e. The quantitative estimate of drug-likeness (QED) is 0.165. The average Bonchev–Trinajstić information content (AvgIpc) is 3.66. The van der Waals surface area contributed by atoms with Gasteiger partial charge < -0.3 is 9.47 Å². The summed E-state index contributed by atoms with van der Waals surface area (Å²) in [6, 6.07) is 2.69. The molecule has 252 valence electrons. The lowest BCUT2D eigenvalue weighted by Gasteiger charge is -2.38. The Bertz CT molecular complexity index is 1010. The van der Waals surface area contributed by atoms with E-state index in [0.29, 0.717) is 28.8 Å². The second-order valence-electron chi connectivity index (χ2n) is 18.8. The highest BCUT2D eigenvalue weighted by Crippen LogP contribution is 2.46. The summed E-state index contributed by atoms with van der Waals surface area (Å²) in [5, 5.41) is 10.3. The lowest BCUT2D eigenvalue weighted by Crippen LogP contribution is -2.33. The van der Waals surface area contributed by atoms with Crippen LogP contribution in [0.5, 0.6) is 0 Å². The van der Waals surface area contributed by atoms with E-state index in [1.165, 1.54) is 56.1 Å². The summed E-state index contributed by atoms with van der Waals surface area (Å²) in [7, 11) is 0. The van der Waals surface area contributed by atoms with E-state index in [0.717, 1.165) is 44.9 Å². The number of nitrogens with zero attached hydrogens (tertiary/aromatic N) is 1. The first-order valence-electron chi connectivity index (χ1n) is 18.4. The fourth-order valence-electron chi connectivity index (χ4n) is 9.52. The molecule has 2 fully saturated rings. The summed E-state index contributed by atoms with van der Waals surface area (Å²) in [4.78, 5) is 0. The minimum atomic E-state index is -0.0520. The van der Waals surface area contributed by atoms with Gasteiger partial charge in [0, 0.05) is 0 Å². The Hall–Kier alpha value is -1.11. The highest BCUT2D eigenvalue weighted by molar-refractivity contribution is 5.33. The highest BCUT2D eigenvalue weighted by Gasteiger charge is 2.43. The standard InChI is InChI=1S/C41H71NO2/c1-13-38(5,6)27-40(9,10)24-31(4)34-17-19-36(43-34)37-20-18-35(44-37)33(26-42)25-41(11,12)28-39(7,8)22-21-29(2)23-32-16-14-15-30(32)3/h16,29,31,33-37H,3,13-15,17-25,27-28H2,1-2,4-12H3/t29?,31?,33?,34?,35-,36-,37?/m1/s1. The van der Waals surface area contributed by atoms with Crippen LogP contribution in [0, 0.1) is 50.7 Å². The molecule has 44 heavy (non-hydrogen) atoms. The first kappa shape index (κ1) is 37.3. The van der Waals surface area contributed by atoms with E-state index < -0.39 is 0 Å². The number of rotatable bonds is 17. The monoisotopic (exact) mass is 610 g/mol. The molecule has 0 amide bonds. The van der Waals surface area contributed by atoms with Crippen molar-refractivity contribution in [2.75, 3.05) is 0 Å². The summed E-state index contributed by atoms with van der Waals surface area (Å²) >= 11 is 0. The fourth-order valence-corrected chi connectivity index (χ4v) is 9.52. The van der Waals surface area contributed by atoms with Crippen LogP contribution in [0.3, 0.4) is 0 Å². The number of hydrogen-bond acceptors (Lipinski definition) is 3. The molecule has 3 nitrogen and oxygen atoms in total. The fraction of sp³-hybridized carbons (Fsp3) is 0.878. The van der Waals surface area contributed by atoms with Gasteiger partial charge in [-0.1, -0.05) is 101 Å². The molecule has 5 unspecified atom stereocenters. The second-order valence-corrected chi connectivity index (χ2v) is 18.8. The van der Waals surface area contributed by atoms with Crippen molar-refractivity contribution < 1.29 is 9.47 Å². The average molecular weight is 610 g/mol. The van der Waals surface area contributed by atoms with E-state index in [4.69, 9.17) is 9.47 Å². The molecular formula is C41H71NO2. The van der Waals surface area contributed by atoms with E-state index in [1.54, 1.807) is 0 Å². The lowest BCUT2D eigenvalue weighted by atomic mass is 9.68. The third-order valence-electron chi connectivity index (χ3n) is 11.5. The Morgan fingerprint density at radius 3 is 1.98 bits per heavy atom. The summed E-state index contributed by atoms with van der Waals surface area (Å²) < 4.78 is 13.4. The van der Waals surface area contributed by atoms with E-state index in [-0.39, 0.29) is 35.1 Å². The normalized spacial score (nSPS) is 27.3. The molecule has 0 saturated carbocycles. The van der Waals surface area contributed by atoms with Crippen LogP contribution in [0.2, 0.25) is 0 Å². The van der Waals surface area contributed by atoms with Crippen LogP contribution in [0.1, 0.15) is 166 Å². The van der Waals surface area contributed by atoms with Crippen LogP contribution in [0.15, 0.2) is 23.8 Å². The third-order valence-corrected chi connectivity index (χ3v) is 11.5. The molecule has 0 bridgehead atoms. The van der Waals surface area contributed by atoms with E-state index >= 15 is 0 Å². The predicted molar refractivity (Wildman–Crippen MR) is 187 cm³/mol. The second kappa shape index (κ2) is 15.2.